The van der Waals surface area contributed by atoms with E-state index in [2.05, 4.69) is 4.98 Å². The molecule has 0 radical (unpaired) electrons. The van der Waals surface area contributed by atoms with Crippen LogP contribution in [0, 0.1) is 5.95 Å². The lowest BCUT2D eigenvalue weighted by Crippen LogP contribution is -2.20. The number of hydrogen-bond acceptors (Lipinski definition) is 6. The van der Waals surface area contributed by atoms with Crippen LogP contribution in [-0.4, -0.2) is 36.1 Å². The lowest BCUT2D eigenvalue weighted by molar-refractivity contribution is -0.138. The number of carbonyl (C=O) groups excluding carboxylic acids is 2. The molecule has 1 heterocycles. The zero-order valence-corrected chi connectivity index (χ0v) is 16.3. The lowest BCUT2D eigenvalue weighted by Gasteiger charge is -2.14. The van der Waals surface area contributed by atoms with Gasteiger partial charge in [0.25, 0.3) is 0 Å². The Balaban J connectivity index is 1.81. The Morgan fingerprint density at radius 3 is 2.48 bits per heavy atom. The van der Waals surface area contributed by atoms with Crippen LogP contribution in [0.25, 0.3) is 0 Å². The maximum Gasteiger partial charge on any atom is 0.345 e. The topological polar surface area (TPSA) is 74.7 Å². The molecule has 3 rings (SSSR count). The van der Waals surface area contributed by atoms with Crippen molar-refractivity contribution in [1.82, 2.24) is 4.98 Å². The van der Waals surface area contributed by atoms with Crippen LogP contribution >= 0.6 is 0 Å². The molecule has 1 aromatic heterocycles. The van der Waals surface area contributed by atoms with Crippen molar-refractivity contribution in [3.8, 4) is 5.75 Å². The molecule has 0 aliphatic heterocycles. The Hall–Kier alpha value is -3.22. The highest BCUT2D eigenvalue weighted by Crippen LogP contribution is 2.26. The van der Waals surface area contributed by atoms with Gasteiger partial charge in [0, 0.05) is 12.8 Å². The summed E-state index contributed by atoms with van der Waals surface area (Å²) >= 11 is 0. The molecule has 0 N–H and O–H groups in total. The van der Waals surface area contributed by atoms with Gasteiger partial charge in [0.05, 0.1) is 25.0 Å². The fraction of sp³-hybridized carbons (Fsp3) is 0.318. The van der Waals surface area contributed by atoms with Crippen LogP contribution in [0.3, 0.4) is 0 Å². The van der Waals surface area contributed by atoms with E-state index in [0.29, 0.717) is 0 Å². The standard InChI is InChI=1S/C22H22FNO5/c1-3-27-13-19(22(26)28-4-2)20(25)18-11-17(12-24-21(18)23)29-16-9-14-7-5-6-8-15(14)10-16/h5-8,11-13,16H,3-4,9-10H2,1-2H3/b19-13+. The SMILES string of the molecule is CCO/C=C(/C(=O)OCC)C(=O)c1cc(OC2Cc3ccccc3C2)cnc1F. The number of aromatic nitrogens is 1. The average molecular weight is 399 g/mol. The number of Topliss-reactive ketones (excluding diaryl/α,β-unsaturated/α-hetero) is 1. The van der Waals surface area contributed by atoms with Gasteiger partial charge in [-0.25, -0.2) is 9.78 Å². The lowest BCUT2D eigenvalue weighted by atomic mass is 10.1. The number of ketones is 1. The van der Waals surface area contributed by atoms with Gasteiger partial charge < -0.3 is 14.2 Å². The van der Waals surface area contributed by atoms with E-state index in [4.69, 9.17) is 14.2 Å². The van der Waals surface area contributed by atoms with Gasteiger partial charge >= 0.3 is 5.97 Å². The van der Waals surface area contributed by atoms with Crippen LogP contribution in [0.2, 0.25) is 0 Å². The molecule has 0 bridgehead atoms. The highest BCUT2D eigenvalue weighted by Gasteiger charge is 2.27. The largest absolute Gasteiger partial charge is 0.500 e. The summed E-state index contributed by atoms with van der Waals surface area (Å²) < 4.78 is 30.1. The third-order valence-electron chi connectivity index (χ3n) is 4.48. The van der Waals surface area contributed by atoms with Gasteiger partial charge in [-0.05, 0) is 31.0 Å². The van der Waals surface area contributed by atoms with E-state index >= 15 is 0 Å². The molecule has 0 atom stereocenters. The number of fused-ring (bicyclic) bond motifs is 1. The molecule has 0 fully saturated rings. The summed E-state index contributed by atoms with van der Waals surface area (Å²) in [5.74, 6) is -2.50. The first kappa shape index (κ1) is 20.5. The highest BCUT2D eigenvalue weighted by atomic mass is 19.1. The molecule has 6 nitrogen and oxygen atoms in total. The summed E-state index contributed by atoms with van der Waals surface area (Å²) in [6, 6.07) is 9.28. The molecule has 7 heteroatoms. The van der Waals surface area contributed by atoms with Crippen LogP contribution in [0.5, 0.6) is 5.75 Å². The predicted octanol–water partition coefficient (Wildman–Crippen LogP) is 3.43. The Morgan fingerprint density at radius 1 is 1.17 bits per heavy atom. The van der Waals surface area contributed by atoms with E-state index in [-0.39, 0.29) is 30.6 Å². The normalized spacial score (nSPS) is 13.7. The van der Waals surface area contributed by atoms with Crippen molar-refractivity contribution >= 4 is 11.8 Å². The van der Waals surface area contributed by atoms with E-state index in [1.807, 2.05) is 24.3 Å². The number of ether oxygens (including phenoxy) is 3. The molecule has 1 aromatic carbocycles. The zero-order valence-electron chi connectivity index (χ0n) is 16.3. The smallest absolute Gasteiger partial charge is 0.345 e. The summed E-state index contributed by atoms with van der Waals surface area (Å²) in [5, 5.41) is 0. The van der Waals surface area contributed by atoms with Crippen molar-refractivity contribution < 1.29 is 28.2 Å². The molecule has 0 spiro atoms. The number of halogens is 1. The minimum atomic E-state index is -0.997. The molecular formula is C22H22FNO5. The van der Waals surface area contributed by atoms with Gasteiger partial charge in [0.15, 0.2) is 0 Å². The summed E-state index contributed by atoms with van der Waals surface area (Å²) in [5.41, 5.74) is 1.62. The number of carbonyl (C=O) groups is 2. The van der Waals surface area contributed by atoms with Crippen LogP contribution in [-0.2, 0) is 27.1 Å². The zero-order chi connectivity index (χ0) is 20.8. The van der Waals surface area contributed by atoms with Gasteiger partial charge in [0.1, 0.15) is 23.7 Å². The molecule has 1 aliphatic rings. The van der Waals surface area contributed by atoms with E-state index < -0.39 is 23.3 Å². The first-order valence-electron chi connectivity index (χ1n) is 9.46. The van der Waals surface area contributed by atoms with Crippen molar-refractivity contribution in [3.05, 3.63) is 71.0 Å². The predicted molar refractivity (Wildman–Crippen MR) is 103 cm³/mol. The number of benzene rings is 1. The monoisotopic (exact) mass is 399 g/mol. The fourth-order valence-electron chi connectivity index (χ4n) is 3.16. The molecule has 1 aliphatic carbocycles. The van der Waals surface area contributed by atoms with Gasteiger partial charge in [0.2, 0.25) is 11.7 Å². The second kappa shape index (κ2) is 9.32. The van der Waals surface area contributed by atoms with Crippen molar-refractivity contribution in [2.75, 3.05) is 13.2 Å². The molecule has 0 saturated heterocycles. The third-order valence-corrected chi connectivity index (χ3v) is 4.48. The van der Waals surface area contributed by atoms with Gasteiger partial charge in [-0.15, -0.1) is 0 Å². The fourth-order valence-corrected chi connectivity index (χ4v) is 3.16. The first-order chi connectivity index (χ1) is 14.0. The minimum Gasteiger partial charge on any atom is -0.500 e. The van der Waals surface area contributed by atoms with E-state index in [9.17, 15) is 14.0 Å². The first-order valence-corrected chi connectivity index (χ1v) is 9.46. The van der Waals surface area contributed by atoms with E-state index in [1.165, 1.54) is 23.4 Å². The number of nitrogens with zero attached hydrogens (tertiary/aromatic N) is 1. The number of esters is 1. The summed E-state index contributed by atoms with van der Waals surface area (Å²) in [4.78, 5) is 28.5. The maximum absolute atomic E-state index is 14.3. The van der Waals surface area contributed by atoms with E-state index in [1.54, 1.807) is 13.8 Å². The Morgan fingerprint density at radius 2 is 1.86 bits per heavy atom. The molecule has 152 valence electrons. The van der Waals surface area contributed by atoms with Crippen LogP contribution in [0.4, 0.5) is 4.39 Å². The molecule has 0 amide bonds. The highest BCUT2D eigenvalue weighted by molar-refractivity contribution is 6.24. The van der Waals surface area contributed by atoms with Crippen LogP contribution in [0.15, 0.2) is 48.4 Å². The van der Waals surface area contributed by atoms with Crippen molar-refractivity contribution in [2.24, 2.45) is 0 Å². The van der Waals surface area contributed by atoms with Crippen molar-refractivity contribution in [1.29, 1.82) is 0 Å². The van der Waals surface area contributed by atoms with E-state index in [0.717, 1.165) is 19.1 Å². The number of rotatable bonds is 8. The maximum atomic E-state index is 14.3. The van der Waals surface area contributed by atoms with Gasteiger partial charge in [-0.1, -0.05) is 24.3 Å². The number of hydrogen-bond donors (Lipinski definition) is 0. The average Bonchev–Trinajstić information content (AvgIpc) is 3.12. The van der Waals surface area contributed by atoms with Crippen LogP contribution in [0.1, 0.15) is 35.3 Å². The Bertz CT molecular complexity index is 916. The summed E-state index contributed by atoms with van der Waals surface area (Å²) in [6.45, 7) is 3.61. The van der Waals surface area contributed by atoms with Gasteiger partial charge in [-0.2, -0.15) is 4.39 Å². The molecule has 2 aromatic rings. The quantitative estimate of drug-likeness (QED) is 0.129. The third kappa shape index (κ3) is 4.80. The molecule has 0 unspecified atom stereocenters. The summed E-state index contributed by atoms with van der Waals surface area (Å²) in [7, 11) is 0. The number of pyridine rings is 1. The van der Waals surface area contributed by atoms with Crippen molar-refractivity contribution in [2.45, 2.75) is 32.8 Å². The summed E-state index contributed by atoms with van der Waals surface area (Å²) in [6.07, 6.45) is 3.52. The van der Waals surface area contributed by atoms with Crippen LogP contribution < -0.4 is 4.74 Å². The minimum absolute atomic E-state index is 0.0711. The van der Waals surface area contributed by atoms with Crippen molar-refractivity contribution in [3.63, 3.8) is 0 Å². The Labute approximate surface area is 168 Å². The Kier molecular flexibility index (Phi) is 6.59. The molecular weight excluding hydrogens is 377 g/mol. The molecule has 0 saturated carbocycles. The second-order valence-corrected chi connectivity index (χ2v) is 6.46. The van der Waals surface area contributed by atoms with Gasteiger partial charge in [-0.3, -0.25) is 4.79 Å². The second-order valence-electron chi connectivity index (χ2n) is 6.46. The molecule has 29 heavy (non-hydrogen) atoms.